The molecule has 32 heavy (non-hydrogen) atoms. The van der Waals surface area contributed by atoms with Crippen molar-refractivity contribution in [3.63, 3.8) is 0 Å². The maximum absolute atomic E-state index is 12.6. The molecule has 170 valence electrons. The van der Waals surface area contributed by atoms with E-state index in [2.05, 4.69) is 53.0 Å². The molecule has 0 unspecified atom stereocenters. The van der Waals surface area contributed by atoms with Crippen LogP contribution in [0.3, 0.4) is 0 Å². The van der Waals surface area contributed by atoms with Gasteiger partial charge in [0.15, 0.2) is 0 Å². The van der Waals surface area contributed by atoms with Crippen LogP contribution in [0.4, 0.5) is 5.69 Å². The van der Waals surface area contributed by atoms with E-state index < -0.39 is 0 Å². The van der Waals surface area contributed by atoms with Crippen molar-refractivity contribution in [3.8, 4) is 6.01 Å². The Balaban J connectivity index is 1.74. The number of β-amino-alcohol motifs (C(OH)–C–C–N with tert-alkyl or cyclic N) is 1. The number of rotatable bonds is 6. The lowest BCUT2D eigenvalue weighted by Crippen LogP contribution is -2.49. The SMILES string of the molecule is CC[C@H]1[C@H](C)[C@@H](Oc2ncccn2)c2cc(C3=CCN(CCO)CC3)ccc2N1C(C)=O. The molecule has 1 aromatic heterocycles. The molecule has 1 N–H and O–H groups in total. The lowest BCUT2D eigenvalue weighted by Gasteiger charge is -2.44. The number of benzene rings is 1. The van der Waals surface area contributed by atoms with E-state index in [9.17, 15) is 9.90 Å². The molecule has 7 heteroatoms. The van der Waals surface area contributed by atoms with Crippen LogP contribution in [0.15, 0.2) is 42.7 Å². The second-order valence-corrected chi connectivity index (χ2v) is 8.57. The van der Waals surface area contributed by atoms with Gasteiger partial charge in [-0.25, -0.2) is 9.97 Å². The van der Waals surface area contributed by atoms with E-state index in [0.717, 1.165) is 42.7 Å². The number of nitrogens with zero attached hydrogens (tertiary/aromatic N) is 4. The van der Waals surface area contributed by atoms with Gasteiger partial charge in [0, 0.05) is 56.5 Å². The molecule has 0 saturated carbocycles. The van der Waals surface area contributed by atoms with Crippen molar-refractivity contribution in [2.24, 2.45) is 5.92 Å². The first kappa shape index (κ1) is 22.4. The first-order valence-electron chi connectivity index (χ1n) is 11.4. The van der Waals surface area contributed by atoms with E-state index in [1.807, 2.05) is 4.90 Å². The predicted octanol–water partition coefficient (Wildman–Crippen LogP) is 3.46. The molecule has 2 aliphatic heterocycles. The van der Waals surface area contributed by atoms with E-state index >= 15 is 0 Å². The lowest BCUT2D eigenvalue weighted by atomic mass is 9.81. The Morgan fingerprint density at radius 3 is 2.69 bits per heavy atom. The summed E-state index contributed by atoms with van der Waals surface area (Å²) >= 11 is 0. The molecule has 3 heterocycles. The second-order valence-electron chi connectivity index (χ2n) is 8.57. The van der Waals surface area contributed by atoms with Crippen LogP contribution in [0.25, 0.3) is 5.57 Å². The average molecular weight is 437 g/mol. The van der Waals surface area contributed by atoms with Gasteiger partial charge in [-0.15, -0.1) is 0 Å². The van der Waals surface area contributed by atoms with E-state index in [1.54, 1.807) is 25.4 Å². The summed E-state index contributed by atoms with van der Waals surface area (Å²) in [6.07, 6.45) is 7.11. The van der Waals surface area contributed by atoms with Crippen LogP contribution < -0.4 is 9.64 Å². The summed E-state index contributed by atoms with van der Waals surface area (Å²) in [6.45, 7) is 8.52. The summed E-state index contributed by atoms with van der Waals surface area (Å²) in [6, 6.07) is 8.51. The smallest absolute Gasteiger partial charge is 0.316 e. The van der Waals surface area contributed by atoms with Crippen molar-refractivity contribution in [2.45, 2.75) is 45.8 Å². The number of fused-ring (bicyclic) bond motifs is 1. The fourth-order valence-corrected chi connectivity index (χ4v) is 5.01. The Bertz CT molecular complexity index is 978. The van der Waals surface area contributed by atoms with E-state index in [0.29, 0.717) is 12.6 Å². The molecule has 0 saturated heterocycles. The third-order valence-corrected chi connectivity index (χ3v) is 6.62. The van der Waals surface area contributed by atoms with Crippen molar-refractivity contribution < 1.29 is 14.6 Å². The van der Waals surface area contributed by atoms with Crippen LogP contribution in [-0.2, 0) is 4.79 Å². The van der Waals surface area contributed by atoms with Crippen LogP contribution in [0.2, 0.25) is 0 Å². The van der Waals surface area contributed by atoms with Gasteiger partial charge in [0.05, 0.1) is 12.3 Å². The summed E-state index contributed by atoms with van der Waals surface area (Å²) in [5.74, 6) is 0.125. The molecule has 0 spiro atoms. The zero-order valence-electron chi connectivity index (χ0n) is 19.1. The molecule has 2 aliphatic rings. The van der Waals surface area contributed by atoms with Gasteiger partial charge in [0.25, 0.3) is 0 Å². The molecule has 0 bridgehead atoms. The molecule has 1 aromatic carbocycles. The molecule has 4 rings (SSSR count). The normalized spacial score (nSPS) is 23.4. The Kier molecular flexibility index (Phi) is 6.86. The molecular weight excluding hydrogens is 404 g/mol. The second kappa shape index (κ2) is 9.79. The molecule has 3 atom stereocenters. The fraction of sp³-hybridized carbons (Fsp3) is 0.480. The van der Waals surface area contributed by atoms with Crippen LogP contribution in [0.1, 0.15) is 50.8 Å². The summed E-state index contributed by atoms with van der Waals surface area (Å²) in [5.41, 5.74) is 4.35. The molecule has 1 amide bonds. The van der Waals surface area contributed by atoms with Crippen molar-refractivity contribution in [3.05, 3.63) is 53.9 Å². The molecule has 7 nitrogen and oxygen atoms in total. The van der Waals surface area contributed by atoms with E-state index in [4.69, 9.17) is 4.74 Å². The van der Waals surface area contributed by atoms with Gasteiger partial charge in [0.2, 0.25) is 5.91 Å². The highest BCUT2D eigenvalue weighted by Crippen LogP contribution is 2.45. The van der Waals surface area contributed by atoms with Gasteiger partial charge >= 0.3 is 6.01 Å². The van der Waals surface area contributed by atoms with Crippen molar-refractivity contribution in [2.75, 3.05) is 31.1 Å². The third kappa shape index (κ3) is 4.40. The number of anilines is 1. The Labute approximate surface area is 189 Å². The highest BCUT2D eigenvalue weighted by Gasteiger charge is 2.41. The molecule has 0 aliphatic carbocycles. The number of aliphatic hydroxyl groups excluding tert-OH is 1. The average Bonchev–Trinajstić information content (AvgIpc) is 2.81. The first-order chi connectivity index (χ1) is 15.5. The molecule has 2 aromatic rings. The van der Waals surface area contributed by atoms with Gasteiger partial charge in [-0.1, -0.05) is 26.0 Å². The largest absolute Gasteiger partial charge is 0.455 e. The highest BCUT2D eigenvalue weighted by molar-refractivity contribution is 5.94. The van der Waals surface area contributed by atoms with Gasteiger partial charge in [0.1, 0.15) is 6.10 Å². The van der Waals surface area contributed by atoms with Crippen LogP contribution in [0, 0.1) is 5.92 Å². The summed E-state index contributed by atoms with van der Waals surface area (Å²) in [5, 5.41) is 9.20. The summed E-state index contributed by atoms with van der Waals surface area (Å²) in [7, 11) is 0. The Hall–Kier alpha value is -2.77. The summed E-state index contributed by atoms with van der Waals surface area (Å²) < 4.78 is 6.33. The lowest BCUT2D eigenvalue weighted by molar-refractivity contribution is -0.117. The minimum atomic E-state index is -0.247. The standard InChI is InChI=1S/C25H32N4O3/c1-4-22-17(2)24(32-25-26-10-5-11-27-25)21-16-20(6-7-23(21)29(22)18(3)31)19-8-12-28(13-9-19)14-15-30/h5-8,10-11,16-17,22,24,30H,4,9,12-15H2,1-3H3/t17-,22-,24+/m0/s1. The highest BCUT2D eigenvalue weighted by atomic mass is 16.5. The van der Waals surface area contributed by atoms with Gasteiger partial charge < -0.3 is 14.7 Å². The number of hydrogen-bond acceptors (Lipinski definition) is 6. The zero-order chi connectivity index (χ0) is 22.7. The van der Waals surface area contributed by atoms with Crippen LogP contribution in [-0.4, -0.2) is 58.2 Å². The van der Waals surface area contributed by atoms with Crippen molar-refractivity contribution in [1.82, 2.24) is 14.9 Å². The van der Waals surface area contributed by atoms with E-state index in [1.165, 1.54) is 5.57 Å². The zero-order valence-corrected chi connectivity index (χ0v) is 19.1. The Morgan fingerprint density at radius 2 is 2.06 bits per heavy atom. The maximum Gasteiger partial charge on any atom is 0.316 e. The van der Waals surface area contributed by atoms with Gasteiger partial charge in [-0.3, -0.25) is 9.69 Å². The fourth-order valence-electron chi connectivity index (χ4n) is 5.01. The molecular formula is C25H32N4O3. The van der Waals surface area contributed by atoms with Crippen LogP contribution >= 0.6 is 0 Å². The maximum atomic E-state index is 12.6. The minimum Gasteiger partial charge on any atom is -0.455 e. The number of carbonyl (C=O) groups is 1. The Morgan fingerprint density at radius 1 is 1.28 bits per heavy atom. The third-order valence-electron chi connectivity index (χ3n) is 6.62. The number of aliphatic hydroxyl groups is 1. The van der Waals surface area contributed by atoms with Gasteiger partial charge in [-0.05, 0) is 42.2 Å². The number of ether oxygens (including phenoxy) is 1. The van der Waals surface area contributed by atoms with Crippen molar-refractivity contribution >= 4 is 17.2 Å². The number of hydrogen-bond donors (Lipinski definition) is 1. The van der Waals surface area contributed by atoms with E-state index in [-0.39, 0.29) is 30.6 Å². The number of amides is 1. The predicted molar refractivity (Wildman–Crippen MR) is 124 cm³/mol. The monoisotopic (exact) mass is 436 g/mol. The first-order valence-corrected chi connectivity index (χ1v) is 11.4. The van der Waals surface area contributed by atoms with Crippen LogP contribution in [0.5, 0.6) is 6.01 Å². The summed E-state index contributed by atoms with van der Waals surface area (Å²) in [4.78, 5) is 25.4. The molecule has 0 radical (unpaired) electrons. The topological polar surface area (TPSA) is 78.8 Å². The van der Waals surface area contributed by atoms with Gasteiger partial charge in [-0.2, -0.15) is 0 Å². The number of carbonyl (C=O) groups excluding carboxylic acids is 1. The molecule has 0 fully saturated rings. The number of aromatic nitrogens is 2. The van der Waals surface area contributed by atoms with Crippen molar-refractivity contribution in [1.29, 1.82) is 0 Å². The minimum absolute atomic E-state index is 0.0421. The quantitative estimate of drug-likeness (QED) is 0.747.